The first kappa shape index (κ1) is 12.0. The first-order valence-electron chi connectivity index (χ1n) is 5.74. The van der Waals surface area contributed by atoms with E-state index < -0.39 is 0 Å². The zero-order chi connectivity index (χ0) is 12.4. The van der Waals surface area contributed by atoms with Gasteiger partial charge in [-0.2, -0.15) is 0 Å². The van der Waals surface area contributed by atoms with E-state index in [0.29, 0.717) is 18.9 Å². The third-order valence-corrected chi connectivity index (χ3v) is 4.79. The van der Waals surface area contributed by atoms with Gasteiger partial charge in [0.15, 0.2) is 4.34 Å². The molecule has 1 aliphatic heterocycles. The van der Waals surface area contributed by atoms with E-state index in [1.54, 1.807) is 11.3 Å². The van der Waals surface area contributed by atoms with Crippen LogP contribution >= 0.6 is 23.1 Å². The minimum atomic E-state index is 0.0248. The Morgan fingerprint density at radius 2 is 2.39 bits per heavy atom. The van der Waals surface area contributed by atoms with Gasteiger partial charge in [-0.3, -0.25) is 9.63 Å². The molecule has 3 rings (SSSR count). The highest BCUT2D eigenvalue weighted by molar-refractivity contribution is 8.01. The second-order valence-electron chi connectivity index (χ2n) is 3.92. The fourth-order valence-electron chi connectivity index (χ4n) is 1.75. The maximum Gasteiger partial charge on any atom is 0.256 e. The van der Waals surface area contributed by atoms with Gasteiger partial charge in [0.2, 0.25) is 0 Å². The van der Waals surface area contributed by atoms with Crippen LogP contribution in [0.25, 0.3) is 10.2 Å². The number of nitrogens with zero attached hydrogens (tertiary/aromatic N) is 2. The van der Waals surface area contributed by atoms with Crippen LogP contribution in [0.4, 0.5) is 0 Å². The number of aromatic nitrogens is 1. The highest BCUT2D eigenvalue weighted by Crippen LogP contribution is 2.29. The van der Waals surface area contributed by atoms with Crippen molar-refractivity contribution in [2.24, 2.45) is 0 Å². The summed E-state index contributed by atoms with van der Waals surface area (Å²) in [5.74, 6) is 0.413. The average molecular weight is 280 g/mol. The fraction of sp³-hybridized carbons (Fsp3) is 0.333. The van der Waals surface area contributed by atoms with Gasteiger partial charge in [-0.05, 0) is 18.6 Å². The molecule has 0 spiro atoms. The van der Waals surface area contributed by atoms with Crippen LogP contribution in [0.15, 0.2) is 28.6 Å². The van der Waals surface area contributed by atoms with E-state index in [1.165, 1.54) is 16.8 Å². The van der Waals surface area contributed by atoms with Gasteiger partial charge < -0.3 is 0 Å². The smallest absolute Gasteiger partial charge is 0.256 e. The molecule has 94 valence electrons. The highest BCUT2D eigenvalue weighted by atomic mass is 32.2. The lowest BCUT2D eigenvalue weighted by Crippen LogP contribution is -2.28. The van der Waals surface area contributed by atoms with Crippen LogP contribution in [0, 0.1) is 0 Å². The maximum atomic E-state index is 11.8. The molecule has 1 fully saturated rings. The van der Waals surface area contributed by atoms with Crippen molar-refractivity contribution in [2.45, 2.75) is 10.8 Å². The Hall–Kier alpha value is -1.11. The number of rotatable bonds is 3. The first-order chi connectivity index (χ1) is 8.83. The van der Waals surface area contributed by atoms with Gasteiger partial charge >= 0.3 is 0 Å². The van der Waals surface area contributed by atoms with Crippen molar-refractivity contribution in [3.63, 3.8) is 0 Å². The third-order valence-electron chi connectivity index (χ3n) is 2.62. The number of carbonyl (C=O) groups excluding carboxylic acids is 1. The first-order valence-corrected chi connectivity index (χ1v) is 7.55. The van der Waals surface area contributed by atoms with Gasteiger partial charge in [0, 0.05) is 0 Å². The van der Waals surface area contributed by atoms with Gasteiger partial charge in [-0.1, -0.05) is 23.9 Å². The number of hydroxylamine groups is 2. The number of thiazole rings is 1. The summed E-state index contributed by atoms with van der Waals surface area (Å²) < 4.78 is 2.09. The van der Waals surface area contributed by atoms with Crippen molar-refractivity contribution in [1.82, 2.24) is 10.0 Å². The number of thioether (sulfide) groups is 1. The monoisotopic (exact) mass is 280 g/mol. The van der Waals surface area contributed by atoms with Gasteiger partial charge in [0.1, 0.15) is 0 Å². The van der Waals surface area contributed by atoms with Crippen LogP contribution in [0.5, 0.6) is 0 Å². The van der Waals surface area contributed by atoms with Crippen LogP contribution in [0.3, 0.4) is 0 Å². The van der Waals surface area contributed by atoms with E-state index in [2.05, 4.69) is 4.98 Å². The van der Waals surface area contributed by atoms with E-state index in [0.717, 1.165) is 21.0 Å². The molecule has 4 nitrogen and oxygen atoms in total. The summed E-state index contributed by atoms with van der Waals surface area (Å²) in [6.07, 6.45) is 0.928. The van der Waals surface area contributed by atoms with E-state index in [1.807, 2.05) is 24.3 Å². The maximum absolute atomic E-state index is 11.8. The molecule has 1 aromatic heterocycles. The molecule has 0 radical (unpaired) electrons. The standard InChI is InChI=1S/C12H12N2O2S2/c15-11(14-6-3-7-16-14)8-17-12-13-9-4-1-2-5-10(9)18-12/h1-2,4-5H,3,6-8H2. The predicted molar refractivity (Wildman–Crippen MR) is 72.6 cm³/mol. The van der Waals surface area contributed by atoms with Crippen molar-refractivity contribution in [1.29, 1.82) is 0 Å². The van der Waals surface area contributed by atoms with E-state index in [-0.39, 0.29) is 5.91 Å². The molecule has 1 amide bonds. The molecular weight excluding hydrogens is 268 g/mol. The summed E-state index contributed by atoms with van der Waals surface area (Å²) in [6.45, 7) is 1.36. The minimum absolute atomic E-state index is 0.0248. The molecule has 1 saturated heterocycles. The van der Waals surface area contributed by atoms with Crippen LogP contribution in [0.1, 0.15) is 6.42 Å². The Labute approximate surface area is 113 Å². The van der Waals surface area contributed by atoms with Crippen LogP contribution < -0.4 is 0 Å². The summed E-state index contributed by atoms with van der Waals surface area (Å²) in [7, 11) is 0. The minimum Gasteiger partial charge on any atom is -0.272 e. The lowest BCUT2D eigenvalue weighted by molar-refractivity contribution is -0.165. The molecule has 2 aromatic rings. The summed E-state index contributed by atoms with van der Waals surface area (Å²) in [6, 6.07) is 8.00. The molecule has 1 aromatic carbocycles. The number of benzene rings is 1. The topological polar surface area (TPSA) is 42.4 Å². The third kappa shape index (κ3) is 2.50. The summed E-state index contributed by atoms with van der Waals surface area (Å²) >= 11 is 3.10. The van der Waals surface area contributed by atoms with Gasteiger partial charge in [0.05, 0.1) is 29.1 Å². The number of hydrogen-bond acceptors (Lipinski definition) is 5. The number of amides is 1. The van der Waals surface area contributed by atoms with Crippen molar-refractivity contribution in [2.75, 3.05) is 18.9 Å². The lowest BCUT2D eigenvalue weighted by Gasteiger charge is -2.12. The number of carbonyl (C=O) groups is 1. The van der Waals surface area contributed by atoms with Gasteiger partial charge in [-0.15, -0.1) is 11.3 Å². The van der Waals surface area contributed by atoms with Crippen molar-refractivity contribution >= 4 is 39.2 Å². The molecule has 18 heavy (non-hydrogen) atoms. The Bertz CT molecular complexity index is 531. The predicted octanol–water partition coefficient (Wildman–Crippen LogP) is 2.55. The molecular formula is C12H12N2O2S2. The Morgan fingerprint density at radius 3 is 3.17 bits per heavy atom. The summed E-state index contributed by atoms with van der Waals surface area (Å²) in [5.41, 5.74) is 0.995. The molecule has 0 atom stereocenters. The number of fused-ring (bicyclic) bond motifs is 1. The van der Waals surface area contributed by atoms with Crippen LogP contribution in [-0.4, -0.2) is 34.9 Å². The molecule has 6 heteroatoms. The quantitative estimate of drug-likeness (QED) is 0.810. The van der Waals surface area contributed by atoms with E-state index in [4.69, 9.17) is 4.84 Å². The Kier molecular flexibility index (Phi) is 3.49. The largest absolute Gasteiger partial charge is 0.272 e. The SMILES string of the molecule is O=C(CSc1nc2ccccc2s1)N1CCCO1. The molecule has 0 aliphatic carbocycles. The summed E-state index contributed by atoms with van der Waals surface area (Å²) in [4.78, 5) is 21.5. The second-order valence-corrected chi connectivity index (χ2v) is 6.17. The summed E-state index contributed by atoms with van der Waals surface area (Å²) in [5, 5.41) is 1.46. The van der Waals surface area contributed by atoms with E-state index in [9.17, 15) is 4.79 Å². The van der Waals surface area contributed by atoms with Crippen LogP contribution in [-0.2, 0) is 9.63 Å². The van der Waals surface area contributed by atoms with Crippen molar-refractivity contribution in [3.8, 4) is 0 Å². The van der Waals surface area contributed by atoms with Gasteiger partial charge in [0.25, 0.3) is 5.91 Å². The second kappa shape index (κ2) is 5.26. The lowest BCUT2D eigenvalue weighted by atomic mass is 10.3. The van der Waals surface area contributed by atoms with Crippen molar-refractivity contribution in [3.05, 3.63) is 24.3 Å². The van der Waals surface area contributed by atoms with Crippen molar-refractivity contribution < 1.29 is 9.63 Å². The average Bonchev–Trinajstić information content (AvgIpc) is 3.04. The van der Waals surface area contributed by atoms with Crippen LogP contribution in [0.2, 0.25) is 0 Å². The Morgan fingerprint density at radius 1 is 1.50 bits per heavy atom. The van der Waals surface area contributed by atoms with E-state index >= 15 is 0 Å². The normalized spacial score (nSPS) is 15.4. The van der Waals surface area contributed by atoms with Gasteiger partial charge in [-0.25, -0.2) is 10.0 Å². The molecule has 2 heterocycles. The zero-order valence-electron chi connectivity index (χ0n) is 9.67. The zero-order valence-corrected chi connectivity index (χ0v) is 11.3. The fourth-order valence-corrected chi connectivity index (χ4v) is 3.69. The molecule has 0 unspecified atom stereocenters. The molecule has 0 N–H and O–H groups in total. The molecule has 1 aliphatic rings. The Balaban J connectivity index is 1.63. The molecule has 0 saturated carbocycles. The number of para-hydroxylation sites is 1. The highest BCUT2D eigenvalue weighted by Gasteiger charge is 2.19. The molecule has 0 bridgehead atoms. The number of hydrogen-bond donors (Lipinski definition) is 0.